The molecule has 2 amide bonds. The van der Waals surface area contributed by atoms with Gasteiger partial charge in [-0.05, 0) is 42.0 Å². The van der Waals surface area contributed by atoms with Crippen molar-refractivity contribution in [2.75, 3.05) is 13.2 Å². The highest BCUT2D eigenvalue weighted by atomic mass is 19.4. The minimum atomic E-state index is -5.15. The topological polar surface area (TPSA) is 105 Å². The van der Waals surface area contributed by atoms with Gasteiger partial charge in [-0.25, -0.2) is 4.79 Å². The van der Waals surface area contributed by atoms with Crippen molar-refractivity contribution in [3.63, 3.8) is 0 Å². The molecule has 0 heterocycles. The fraction of sp³-hybridized carbons (Fsp3) is 0.400. The van der Waals surface area contributed by atoms with Crippen LogP contribution in [0.5, 0.6) is 0 Å². The number of ether oxygens (including phenoxy) is 1. The van der Waals surface area contributed by atoms with E-state index in [1.54, 1.807) is 5.32 Å². The lowest BCUT2D eigenvalue weighted by Gasteiger charge is -2.39. The molecule has 1 fully saturated rings. The Kier molecular flexibility index (Phi) is 6.25. The predicted molar refractivity (Wildman–Crippen MR) is 120 cm³/mol. The molecule has 2 aliphatic carbocycles. The van der Waals surface area contributed by atoms with E-state index in [1.807, 2.05) is 48.5 Å². The van der Waals surface area contributed by atoms with Gasteiger partial charge >= 0.3 is 18.2 Å². The van der Waals surface area contributed by atoms with Gasteiger partial charge in [0.05, 0.1) is 5.41 Å². The van der Waals surface area contributed by atoms with Crippen molar-refractivity contribution in [2.24, 2.45) is 5.41 Å². The summed E-state index contributed by atoms with van der Waals surface area (Å²) in [6.45, 7) is -0.158. The van der Waals surface area contributed by atoms with Gasteiger partial charge in [-0.2, -0.15) is 13.2 Å². The maximum atomic E-state index is 13.9. The van der Waals surface area contributed by atoms with Crippen molar-refractivity contribution in [3.8, 4) is 11.1 Å². The number of nitrogens with one attached hydrogen (secondary N) is 2. The van der Waals surface area contributed by atoms with Crippen molar-refractivity contribution in [3.05, 3.63) is 59.7 Å². The first-order valence-corrected chi connectivity index (χ1v) is 11.2. The van der Waals surface area contributed by atoms with E-state index in [1.165, 1.54) is 0 Å². The lowest BCUT2D eigenvalue weighted by Crippen LogP contribution is -2.66. The van der Waals surface area contributed by atoms with E-state index in [-0.39, 0.29) is 25.4 Å². The molecule has 0 aliphatic heterocycles. The Morgan fingerprint density at radius 3 is 2.03 bits per heavy atom. The van der Waals surface area contributed by atoms with Crippen molar-refractivity contribution in [1.29, 1.82) is 0 Å². The Balaban J connectivity index is 1.45. The molecule has 1 unspecified atom stereocenters. The summed E-state index contributed by atoms with van der Waals surface area (Å²) >= 11 is 0. The van der Waals surface area contributed by atoms with Gasteiger partial charge in [0.2, 0.25) is 5.54 Å². The third-order valence-corrected chi connectivity index (χ3v) is 7.07. The van der Waals surface area contributed by atoms with Gasteiger partial charge < -0.3 is 15.2 Å². The molecule has 0 aromatic heterocycles. The molecular formula is C25H25F3N2O5. The summed E-state index contributed by atoms with van der Waals surface area (Å²) in [5, 5.41) is 13.1. The summed E-state index contributed by atoms with van der Waals surface area (Å²) in [7, 11) is 0. The second kappa shape index (κ2) is 8.90. The molecule has 2 aromatic carbocycles. The fourth-order valence-corrected chi connectivity index (χ4v) is 4.59. The summed E-state index contributed by atoms with van der Waals surface area (Å²) in [6, 6.07) is 15.0. The zero-order valence-electron chi connectivity index (χ0n) is 18.9. The molecule has 7 nitrogen and oxygen atoms in total. The van der Waals surface area contributed by atoms with Gasteiger partial charge in [-0.3, -0.25) is 14.9 Å². The second-order valence-corrected chi connectivity index (χ2v) is 9.20. The van der Waals surface area contributed by atoms with Crippen molar-refractivity contribution < 1.29 is 37.4 Å². The van der Waals surface area contributed by atoms with E-state index >= 15 is 0 Å². The molecule has 0 radical (unpaired) electrons. The molecule has 10 heteroatoms. The first-order valence-electron chi connectivity index (χ1n) is 11.2. The number of carbonyl (C=O) groups is 3. The molecule has 1 atom stereocenters. The number of carboxylic acid groups (broad SMARTS) is 1. The van der Waals surface area contributed by atoms with Crippen molar-refractivity contribution in [2.45, 2.75) is 43.8 Å². The number of carbonyl (C=O) groups excluding carboxylic acids is 2. The number of hydrogen-bond acceptors (Lipinski definition) is 4. The molecule has 3 N–H and O–H groups in total. The highest BCUT2D eigenvalue weighted by Crippen LogP contribution is 2.44. The van der Waals surface area contributed by atoms with E-state index < -0.39 is 41.6 Å². The fourth-order valence-electron chi connectivity index (χ4n) is 4.59. The lowest BCUT2D eigenvalue weighted by molar-refractivity contribution is -0.194. The Morgan fingerprint density at radius 2 is 1.57 bits per heavy atom. The molecule has 35 heavy (non-hydrogen) atoms. The highest BCUT2D eigenvalue weighted by Gasteiger charge is 2.59. The Morgan fingerprint density at radius 1 is 1.03 bits per heavy atom. The predicted octanol–water partition coefficient (Wildman–Crippen LogP) is 4.22. The smallest absolute Gasteiger partial charge is 0.420 e. The summed E-state index contributed by atoms with van der Waals surface area (Å²) in [5.41, 5.74) is -0.903. The molecule has 186 valence electrons. The number of amides is 2. The van der Waals surface area contributed by atoms with Crippen LogP contribution in [-0.2, 0) is 14.3 Å². The Bertz CT molecular complexity index is 1120. The van der Waals surface area contributed by atoms with Crippen LogP contribution < -0.4 is 10.6 Å². The molecule has 0 saturated heterocycles. The van der Waals surface area contributed by atoms with E-state index in [4.69, 9.17) is 4.74 Å². The van der Waals surface area contributed by atoms with E-state index in [2.05, 4.69) is 5.32 Å². The first kappa shape index (κ1) is 24.6. The third kappa shape index (κ3) is 4.33. The second-order valence-electron chi connectivity index (χ2n) is 9.20. The van der Waals surface area contributed by atoms with Crippen LogP contribution in [0.1, 0.15) is 43.2 Å². The maximum absolute atomic E-state index is 13.9. The summed E-state index contributed by atoms with van der Waals surface area (Å²) in [5.74, 6) is -3.10. The number of alkyl carbamates (subject to hydrolysis) is 1. The minimum absolute atomic E-state index is 0.225. The highest BCUT2D eigenvalue weighted by molar-refractivity contribution is 5.91. The van der Waals surface area contributed by atoms with Gasteiger partial charge in [-0.1, -0.05) is 55.0 Å². The maximum Gasteiger partial charge on any atom is 0.420 e. The van der Waals surface area contributed by atoms with Gasteiger partial charge in [0.1, 0.15) is 6.61 Å². The zero-order chi connectivity index (χ0) is 25.4. The van der Waals surface area contributed by atoms with Crippen LogP contribution in [0.2, 0.25) is 0 Å². The molecule has 2 aromatic rings. The van der Waals surface area contributed by atoms with Crippen LogP contribution in [-0.4, -0.2) is 47.9 Å². The number of halogens is 3. The van der Waals surface area contributed by atoms with Crippen LogP contribution >= 0.6 is 0 Å². The Hall–Kier alpha value is -3.56. The van der Waals surface area contributed by atoms with Crippen LogP contribution in [0.25, 0.3) is 11.1 Å². The largest absolute Gasteiger partial charge is 0.481 e. The van der Waals surface area contributed by atoms with E-state index in [0.29, 0.717) is 13.3 Å². The molecule has 0 bridgehead atoms. The lowest BCUT2D eigenvalue weighted by atomic mass is 9.68. The summed E-state index contributed by atoms with van der Waals surface area (Å²) < 4.78 is 46.8. The number of aliphatic carboxylic acids is 1. The van der Waals surface area contributed by atoms with Crippen LogP contribution in [0.4, 0.5) is 18.0 Å². The van der Waals surface area contributed by atoms with Gasteiger partial charge in [0, 0.05) is 12.5 Å². The number of hydrogen-bond donors (Lipinski definition) is 3. The zero-order valence-corrected chi connectivity index (χ0v) is 18.9. The minimum Gasteiger partial charge on any atom is -0.481 e. The first-order chi connectivity index (χ1) is 16.5. The van der Waals surface area contributed by atoms with Crippen LogP contribution in [0, 0.1) is 5.41 Å². The molecule has 4 rings (SSSR count). The number of alkyl halides is 3. The number of carboxylic acids is 1. The average Bonchev–Trinajstić information content (AvgIpc) is 3.09. The quantitative estimate of drug-likeness (QED) is 0.539. The molecule has 1 saturated carbocycles. The van der Waals surface area contributed by atoms with Crippen molar-refractivity contribution in [1.82, 2.24) is 10.6 Å². The van der Waals surface area contributed by atoms with Crippen molar-refractivity contribution >= 4 is 18.0 Å². The van der Waals surface area contributed by atoms with E-state index in [9.17, 15) is 32.7 Å². The third-order valence-electron chi connectivity index (χ3n) is 7.07. The monoisotopic (exact) mass is 490 g/mol. The van der Waals surface area contributed by atoms with Gasteiger partial charge in [0.15, 0.2) is 0 Å². The van der Waals surface area contributed by atoms with E-state index in [0.717, 1.165) is 22.3 Å². The van der Waals surface area contributed by atoms with Crippen LogP contribution in [0.3, 0.4) is 0 Å². The molecular weight excluding hydrogens is 465 g/mol. The molecule has 2 aliphatic rings. The number of benzene rings is 2. The Labute approximate surface area is 199 Å². The summed E-state index contributed by atoms with van der Waals surface area (Å²) in [4.78, 5) is 36.5. The summed E-state index contributed by atoms with van der Waals surface area (Å²) in [6.07, 6.45) is -5.44. The standard InChI is InChI=1S/C25H25F3N2O5/c1-23(25(26,27)28,20(31)29-14-24(21(32)33)11-6-12-24)30-22(34)35-13-19-17-9-4-2-7-15(17)16-8-3-5-10-18(16)19/h2-5,7-10,19H,6,11-14H2,1H3,(H,29,31)(H,30,34)(H,32,33). The SMILES string of the molecule is CC(NC(=O)OCC1c2ccccc2-c2ccccc21)(C(=O)NCC1(C(=O)O)CCC1)C(F)(F)F. The van der Waals surface area contributed by atoms with Gasteiger partial charge in [0.25, 0.3) is 5.91 Å². The normalized spacial score (nSPS) is 17.8. The van der Waals surface area contributed by atoms with Crippen LogP contribution in [0.15, 0.2) is 48.5 Å². The molecule has 0 spiro atoms. The average molecular weight is 490 g/mol. The van der Waals surface area contributed by atoms with Gasteiger partial charge in [-0.15, -0.1) is 0 Å². The number of fused-ring (bicyclic) bond motifs is 3. The number of rotatable bonds is 7.